The Hall–Kier alpha value is -4.04. The fourth-order valence-corrected chi connectivity index (χ4v) is 4.22. The minimum absolute atomic E-state index is 0.0782. The number of benzene rings is 2. The first kappa shape index (κ1) is 26.0. The van der Waals surface area contributed by atoms with Crippen LogP contribution in [0.25, 0.3) is 10.9 Å². The van der Waals surface area contributed by atoms with Crippen molar-refractivity contribution in [1.29, 1.82) is 0 Å². The molecule has 2 heterocycles. The van der Waals surface area contributed by atoms with Crippen molar-refractivity contribution in [3.63, 3.8) is 0 Å². The summed E-state index contributed by atoms with van der Waals surface area (Å²) in [6, 6.07) is 16.1. The number of anilines is 2. The zero-order valence-corrected chi connectivity index (χ0v) is 21.7. The Morgan fingerprint density at radius 3 is 2.62 bits per heavy atom. The van der Waals surface area contributed by atoms with Gasteiger partial charge in [0.05, 0.1) is 11.7 Å². The summed E-state index contributed by atoms with van der Waals surface area (Å²) in [5.74, 6) is 2.42. The molecule has 0 radical (unpaired) electrons. The Morgan fingerprint density at radius 1 is 1.03 bits per heavy atom. The van der Waals surface area contributed by atoms with Crippen LogP contribution in [0, 0.1) is 13.8 Å². The number of fused-ring (bicyclic) bond motifs is 1. The average Bonchev–Trinajstić information content (AvgIpc) is 2.90. The molecule has 2 aromatic heterocycles. The number of nitrogens with one attached hydrogen (secondary N) is 2. The number of nitrogens with zero attached hydrogens (tertiary/aromatic N) is 3. The summed E-state index contributed by atoms with van der Waals surface area (Å²) in [6.07, 6.45) is 5.09. The van der Waals surface area contributed by atoms with Gasteiger partial charge in [0, 0.05) is 30.4 Å². The van der Waals surface area contributed by atoms with E-state index in [9.17, 15) is 4.79 Å². The molecule has 1 amide bonds. The van der Waals surface area contributed by atoms with Crippen molar-refractivity contribution in [2.75, 3.05) is 25.6 Å². The van der Waals surface area contributed by atoms with Crippen LogP contribution in [0.3, 0.4) is 0 Å². The van der Waals surface area contributed by atoms with E-state index in [0.717, 1.165) is 52.3 Å². The molecule has 1 atom stereocenters. The minimum Gasteiger partial charge on any atom is -0.455 e. The number of methoxy groups -OCH3 is 1. The highest BCUT2D eigenvalue weighted by molar-refractivity contribution is 5.91. The van der Waals surface area contributed by atoms with E-state index >= 15 is 0 Å². The molecule has 0 aliphatic carbocycles. The molecule has 0 spiro atoms. The Kier molecular flexibility index (Phi) is 8.64. The number of hydrogen-bond donors (Lipinski definition) is 2. The van der Waals surface area contributed by atoms with E-state index in [1.54, 1.807) is 12.5 Å². The molecule has 0 aliphatic rings. The maximum Gasteiger partial charge on any atom is 0.245 e. The Morgan fingerprint density at radius 2 is 1.89 bits per heavy atom. The molecule has 0 fully saturated rings. The number of aromatic nitrogens is 3. The highest BCUT2D eigenvalue weighted by Gasteiger charge is 2.14. The monoisotopic (exact) mass is 499 g/mol. The number of pyridine rings is 1. The third-order valence-corrected chi connectivity index (χ3v) is 6.26. The van der Waals surface area contributed by atoms with Gasteiger partial charge in [-0.05, 0) is 86.2 Å². The lowest BCUT2D eigenvalue weighted by Crippen LogP contribution is -2.28. The molecule has 8 nitrogen and oxygen atoms in total. The zero-order chi connectivity index (χ0) is 26.2. The third kappa shape index (κ3) is 6.80. The molecule has 8 heteroatoms. The molecule has 192 valence electrons. The average molecular weight is 500 g/mol. The highest BCUT2D eigenvalue weighted by Crippen LogP contribution is 2.32. The second kappa shape index (κ2) is 12.3. The van der Waals surface area contributed by atoms with Crippen LogP contribution in [0.5, 0.6) is 11.5 Å². The lowest BCUT2D eigenvalue weighted by Gasteiger charge is -2.17. The van der Waals surface area contributed by atoms with Gasteiger partial charge < -0.3 is 20.1 Å². The second-order valence-electron chi connectivity index (χ2n) is 9.02. The summed E-state index contributed by atoms with van der Waals surface area (Å²) in [6.45, 7) is 6.79. The highest BCUT2D eigenvalue weighted by atomic mass is 16.5. The molecular weight excluding hydrogens is 466 g/mol. The molecule has 2 aromatic carbocycles. The van der Waals surface area contributed by atoms with Gasteiger partial charge in [-0.25, -0.2) is 9.97 Å². The van der Waals surface area contributed by atoms with Crippen molar-refractivity contribution in [3.8, 4) is 11.5 Å². The van der Waals surface area contributed by atoms with Crippen LogP contribution in [0.4, 0.5) is 11.5 Å². The van der Waals surface area contributed by atoms with E-state index in [0.29, 0.717) is 18.2 Å². The number of carbonyl (C=O) groups excluding carboxylic acids is 1. The molecule has 0 aliphatic heterocycles. The van der Waals surface area contributed by atoms with Crippen LogP contribution < -0.4 is 15.4 Å². The number of amides is 1. The fourth-order valence-electron chi connectivity index (χ4n) is 4.22. The van der Waals surface area contributed by atoms with Crippen LogP contribution in [0.15, 0.2) is 61.1 Å². The van der Waals surface area contributed by atoms with E-state index in [1.807, 2.05) is 50.2 Å². The first-order valence-corrected chi connectivity index (χ1v) is 12.4. The van der Waals surface area contributed by atoms with Crippen molar-refractivity contribution in [2.45, 2.75) is 39.5 Å². The summed E-state index contributed by atoms with van der Waals surface area (Å²) in [5, 5.41) is 7.31. The van der Waals surface area contributed by atoms with Gasteiger partial charge in [-0.3, -0.25) is 9.78 Å². The summed E-state index contributed by atoms with van der Waals surface area (Å²) in [4.78, 5) is 25.0. The molecular formula is C29H33N5O3. The lowest BCUT2D eigenvalue weighted by atomic mass is 9.92. The lowest BCUT2D eigenvalue weighted by molar-refractivity contribution is -0.124. The number of rotatable bonds is 11. The summed E-state index contributed by atoms with van der Waals surface area (Å²) >= 11 is 0. The summed E-state index contributed by atoms with van der Waals surface area (Å²) in [7, 11) is 1.52. The maximum atomic E-state index is 11.7. The van der Waals surface area contributed by atoms with Crippen molar-refractivity contribution < 1.29 is 14.3 Å². The largest absolute Gasteiger partial charge is 0.455 e. The minimum atomic E-state index is -0.0991. The predicted molar refractivity (Wildman–Crippen MR) is 146 cm³/mol. The molecule has 2 N–H and O–H groups in total. The van der Waals surface area contributed by atoms with Crippen LogP contribution in [0.1, 0.15) is 42.5 Å². The van der Waals surface area contributed by atoms with E-state index < -0.39 is 0 Å². The smallest absolute Gasteiger partial charge is 0.245 e. The summed E-state index contributed by atoms with van der Waals surface area (Å²) in [5.41, 5.74) is 4.91. The van der Waals surface area contributed by atoms with Crippen molar-refractivity contribution in [1.82, 2.24) is 20.3 Å². The molecule has 0 saturated heterocycles. The topological polar surface area (TPSA) is 98.3 Å². The van der Waals surface area contributed by atoms with Gasteiger partial charge in [0.15, 0.2) is 0 Å². The normalized spacial score (nSPS) is 11.8. The van der Waals surface area contributed by atoms with Gasteiger partial charge in [0.2, 0.25) is 5.91 Å². The quantitative estimate of drug-likeness (QED) is 0.268. The molecule has 0 bridgehead atoms. The van der Waals surface area contributed by atoms with E-state index in [4.69, 9.17) is 9.47 Å². The SMILES string of the molecule is CCC(CCNC(=O)COC)c1ccc2ncnc(Nc3ccc(Oc4ccc(C)nc4)c(C)c3)c2c1. The van der Waals surface area contributed by atoms with Crippen LogP contribution >= 0.6 is 0 Å². The number of aryl methyl sites for hydroxylation is 2. The van der Waals surface area contributed by atoms with Gasteiger partial charge in [0.25, 0.3) is 0 Å². The van der Waals surface area contributed by atoms with Gasteiger partial charge in [-0.15, -0.1) is 0 Å². The number of ether oxygens (including phenoxy) is 2. The van der Waals surface area contributed by atoms with E-state index in [-0.39, 0.29) is 12.5 Å². The molecule has 0 saturated carbocycles. The predicted octanol–water partition coefficient (Wildman–Crippen LogP) is 5.82. The Bertz CT molecular complexity index is 1360. The first-order valence-electron chi connectivity index (χ1n) is 12.4. The van der Waals surface area contributed by atoms with E-state index in [2.05, 4.69) is 44.6 Å². The standard InChI is InChI=1S/C29H33N5O3/c1-5-21(12-13-30-28(35)17-36-4)22-7-10-26-25(15-22)29(33-18-32-26)34-23-8-11-27(19(2)14-23)37-24-9-6-20(3)31-16-24/h6-11,14-16,18,21H,5,12-13,17H2,1-4H3,(H,30,35)(H,32,33,34). The van der Waals surface area contributed by atoms with Crippen molar-refractivity contribution in [2.24, 2.45) is 0 Å². The second-order valence-corrected chi connectivity index (χ2v) is 9.02. The van der Waals surface area contributed by atoms with Crippen LogP contribution in [-0.4, -0.2) is 41.1 Å². The Labute approximate surface area is 217 Å². The van der Waals surface area contributed by atoms with Crippen molar-refractivity contribution >= 4 is 28.3 Å². The summed E-state index contributed by atoms with van der Waals surface area (Å²) < 4.78 is 10.9. The van der Waals surface area contributed by atoms with Gasteiger partial charge in [-0.1, -0.05) is 13.0 Å². The van der Waals surface area contributed by atoms with Gasteiger partial charge in [0.1, 0.15) is 30.3 Å². The third-order valence-electron chi connectivity index (χ3n) is 6.26. The maximum absolute atomic E-state index is 11.7. The van der Waals surface area contributed by atoms with Gasteiger partial charge >= 0.3 is 0 Å². The molecule has 1 unspecified atom stereocenters. The molecule has 4 rings (SSSR count). The zero-order valence-electron chi connectivity index (χ0n) is 21.7. The fraction of sp³-hybridized carbons (Fsp3) is 0.310. The van der Waals surface area contributed by atoms with Crippen LogP contribution in [0.2, 0.25) is 0 Å². The van der Waals surface area contributed by atoms with Crippen molar-refractivity contribution in [3.05, 3.63) is 77.9 Å². The first-order chi connectivity index (χ1) is 18.0. The number of carbonyl (C=O) groups is 1. The van der Waals surface area contributed by atoms with Crippen LogP contribution in [-0.2, 0) is 9.53 Å². The van der Waals surface area contributed by atoms with E-state index in [1.165, 1.54) is 12.7 Å². The Balaban J connectivity index is 1.51. The molecule has 4 aromatic rings. The molecule has 37 heavy (non-hydrogen) atoms. The van der Waals surface area contributed by atoms with Gasteiger partial charge in [-0.2, -0.15) is 0 Å². The number of hydrogen-bond acceptors (Lipinski definition) is 7.